The van der Waals surface area contributed by atoms with Crippen LogP contribution in [0.2, 0.25) is 0 Å². The number of benzene rings is 1. The summed E-state index contributed by atoms with van der Waals surface area (Å²) in [4.78, 5) is 8.04. The fraction of sp³-hybridized carbons (Fsp3) is 0.533. The molecular formula is C15H18N2O3. The molecule has 1 aromatic heterocycles. The lowest BCUT2D eigenvalue weighted by molar-refractivity contribution is -0.0719. The van der Waals surface area contributed by atoms with Gasteiger partial charge in [-0.3, -0.25) is 0 Å². The Morgan fingerprint density at radius 2 is 2.00 bits per heavy atom. The van der Waals surface area contributed by atoms with E-state index in [1.54, 1.807) is 7.11 Å². The number of aromatic nitrogens is 2. The lowest BCUT2D eigenvalue weighted by Gasteiger charge is -2.39. The third-order valence-electron chi connectivity index (χ3n) is 4.38. The molecule has 1 aromatic carbocycles. The second-order valence-corrected chi connectivity index (χ2v) is 5.61. The maximum Gasteiger partial charge on any atom is 0.163 e. The smallest absolute Gasteiger partial charge is 0.163 e. The first-order valence-corrected chi connectivity index (χ1v) is 7.11. The van der Waals surface area contributed by atoms with E-state index in [0.717, 1.165) is 47.6 Å². The molecule has 0 radical (unpaired) electrons. The van der Waals surface area contributed by atoms with Gasteiger partial charge in [0.25, 0.3) is 0 Å². The van der Waals surface area contributed by atoms with Crippen LogP contribution in [-0.4, -0.2) is 35.9 Å². The van der Waals surface area contributed by atoms with Gasteiger partial charge in [-0.05, 0) is 19.3 Å². The van der Waals surface area contributed by atoms with Crippen molar-refractivity contribution in [2.24, 2.45) is 0 Å². The average molecular weight is 274 g/mol. The number of nitrogens with zero attached hydrogens (tertiary/aromatic N) is 1. The molecule has 0 bridgehead atoms. The van der Waals surface area contributed by atoms with Gasteiger partial charge in [-0.25, -0.2) is 4.98 Å². The van der Waals surface area contributed by atoms with Gasteiger partial charge in [-0.1, -0.05) is 0 Å². The van der Waals surface area contributed by atoms with Crippen LogP contribution in [0.25, 0.3) is 11.0 Å². The highest BCUT2D eigenvalue weighted by Gasteiger charge is 2.38. The Morgan fingerprint density at radius 3 is 2.65 bits per heavy atom. The third-order valence-corrected chi connectivity index (χ3v) is 4.38. The van der Waals surface area contributed by atoms with Gasteiger partial charge in [-0.15, -0.1) is 0 Å². The summed E-state index contributed by atoms with van der Waals surface area (Å²) < 4.78 is 16.9. The summed E-state index contributed by atoms with van der Waals surface area (Å²) in [6, 6.07) is 3.92. The summed E-state index contributed by atoms with van der Waals surface area (Å²) >= 11 is 0. The first-order chi connectivity index (χ1) is 9.78. The Kier molecular flexibility index (Phi) is 2.63. The fourth-order valence-corrected chi connectivity index (χ4v) is 3.01. The predicted octanol–water partition coefficient (Wildman–Crippen LogP) is 2.45. The van der Waals surface area contributed by atoms with Crippen molar-refractivity contribution < 1.29 is 14.2 Å². The standard InChI is InChI=1S/C15H18N2O3/c1-18-15(3-2-4-15)9-14-16-10-7-12-13(8-11(10)17-14)20-6-5-19-12/h7-8H,2-6,9H2,1H3,(H,16,17). The molecule has 1 fully saturated rings. The topological polar surface area (TPSA) is 56.4 Å². The predicted molar refractivity (Wildman–Crippen MR) is 74.4 cm³/mol. The van der Waals surface area contributed by atoms with Gasteiger partial charge in [0.15, 0.2) is 11.5 Å². The second kappa shape index (κ2) is 4.38. The van der Waals surface area contributed by atoms with Crippen molar-refractivity contribution in [3.8, 4) is 11.5 Å². The highest BCUT2D eigenvalue weighted by atomic mass is 16.6. The minimum Gasteiger partial charge on any atom is -0.486 e. The molecular weight excluding hydrogens is 256 g/mol. The molecule has 1 aliphatic carbocycles. The van der Waals surface area contributed by atoms with Crippen LogP contribution in [0.15, 0.2) is 12.1 Å². The molecule has 2 aliphatic rings. The van der Waals surface area contributed by atoms with Crippen LogP contribution in [0.1, 0.15) is 25.1 Å². The molecule has 1 saturated carbocycles. The highest BCUT2D eigenvalue weighted by Crippen LogP contribution is 2.38. The van der Waals surface area contributed by atoms with E-state index in [0.29, 0.717) is 13.2 Å². The van der Waals surface area contributed by atoms with Gasteiger partial charge in [-0.2, -0.15) is 0 Å². The SMILES string of the molecule is COC1(Cc2nc3cc4c(cc3[nH]2)OCCO4)CCC1. The van der Waals surface area contributed by atoms with Crippen molar-refractivity contribution in [3.05, 3.63) is 18.0 Å². The van der Waals surface area contributed by atoms with Gasteiger partial charge in [0.2, 0.25) is 0 Å². The molecule has 1 aliphatic heterocycles. The molecule has 20 heavy (non-hydrogen) atoms. The quantitative estimate of drug-likeness (QED) is 0.934. The largest absolute Gasteiger partial charge is 0.486 e. The van der Waals surface area contributed by atoms with Crippen molar-refractivity contribution in [2.45, 2.75) is 31.3 Å². The number of nitrogens with one attached hydrogen (secondary N) is 1. The minimum absolute atomic E-state index is 0.0134. The summed E-state index contributed by atoms with van der Waals surface area (Å²) in [5, 5.41) is 0. The van der Waals surface area contributed by atoms with Crippen LogP contribution in [0.3, 0.4) is 0 Å². The number of imidazole rings is 1. The molecule has 0 atom stereocenters. The molecule has 2 aromatic rings. The Balaban J connectivity index is 1.68. The zero-order chi connectivity index (χ0) is 13.6. The monoisotopic (exact) mass is 274 g/mol. The van der Waals surface area contributed by atoms with E-state index in [2.05, 4.69) is 9.97 Å². The number of H-pyrrole nitrogens is 1. The normalized spacial score (nSPS) is 19.9. The molecule has 4 rings (SSSR count). The maximum atomic E-state index is 5.66. The zero-order valence-corrected chi connectivity index (χ0v) is 11.6. The first-order valence-electron chi connectivity index (χ1n) is 7.11. The summed E-state index contributed by atoms with van der Waals surface area (Å²) in [5.74, 6) is 2.56. The highest BCUT2D eigenvalue weighted by molar-refractivity contribution is 5.80. The van der Waals surface area contributed by atoms with E-state index in [4.69, 9.17) is 14.2 Å². The van der Waals surface area contributed by atoms with Crippen LogP contribution in [0, 0.1) is 0 Å². The molecule has 5 heteroatoms. The van der Waals surface area contributed by atoms with Crippen molar-refractivity contribution in [1.29, 1.82) is 0 Å². The molecule has 0 unspecified atom stereocenters. The Labute approximate surface area is 117 Å². The van der Waals surface area contributed by atoms with E-state index < -0.39 is 0 Å². The Hall–Kier alpha value is -1.75. The van der Waals surface area contributed by atoms with Crippen molar-refractivity contribution >= 4 is 11.0 Å². The Morgan fingerprint density at radius 1 is 1.25 bits per heavy atom. The van der Waals surface area contributed by atoms with Gasteiger partial charge in [0.05, 0.1) is 16.6 Å². The summed E-state index contributed by atoms with van der Waals surface area (Å²) in [5.41, 5.74) is 1.91. The number of ether oxygens (including phenoxy) is 3. The number of hydrogen-bond acceptors (Lipinski definition) is 4. The van der Waals surface area contributed by atoms with Crippen molar-refractivity contribution in [3.63, 3.8) is 0 Å². The maximum absolute atomic E-state index is 5.66. The number of methoxy groups -OCH3 is 1. The first kappa shape index (κ1) is 12.0. The third kappa shape index (κ3) is 1.85. The molecule has 2 heterocycles. The number of fused-ring (bicyclic) bond motifs is 2. The van der Waals surface area contributed by atoms with Gasteiger partial charge < -0.3 is 19.2 Å². The van der Waals surface area contributed by atoms with E-state index in [-0.39, 0.29) is 5.60 Å². The van der Waals surface area contributed by atoms with E-state index >= 15 is 0 Å². The van der Waals surface area contributed by atoms with Gasteiger partial charge in [0, 0.05) is 25.7 Å². The van der Waals surface area contributed by atoms with E-state index in [9.17, 15) is 0 Å². The Bertz CT molecular complexity index is 597. The zero-order valence-electron chi connectivity index (χ0n) is 11.6. The second-order valence-electron chi connectivity index (χ2n) is 5.61. The van der Waals surface area contributed by atoms with Crippen molar-refractivity contribution in [1.82, 2.24) is 9.97 Å². The number of rotatable bonds is 3. The van der Waals surface area contributed by atoms with Crippen LogP contribution >= 0.6 is 0 Å². The van der Waals surface area contributed by atoms with Gasteiger partial charge >= 0.3 is 0 Å². The van der Waals surface area contributed by atoms with Crippen LogP contribution in [0.5, 0.6) is 11.5 Å². The lowest BCUT2D eigenvalue weighted by Crippen LogP contribution is -2.41. The minimum atomic E-state index is -0.0134. The van der Waals surface area contributed by atoms with Crippen LogP contribution in [0.4, 0.5) is 0 Å². The lowest BCUT2D eigenvalue weighted by atomic mass is 9.77. The summed E-state index contributed by atoms with van der Waals surface area (Å²) in [6.45, 7) is 1.20. The van der Waals surface area contributed by atoms with Gasteiger partial charge in [0.1, 0.15) is 19.0 Å². The fourth-order valence-electron chi connectivity index (χ4n) is 3.01. The summed E-state index contributed by atoms with van der Waals surface area (Å²) in [7, 11) is 1.79. The molecule has 0 saturated heterocycles. The van der Waals surface area contributed by atoms with Crippen molar-refractivity contribution in [2.75, 3.05) is 20.3 Å². The van der Waals surface area contributed by atoms with Crippen LogP contribution in [-0.2, 0) is 11.2 Å². The molecule has 5 nitrogen and oxygen atoms in total. The van der Waals surface area contributed by atoms with E-state index in [1.165, 1.54) is 6.42 Å². The van der Waals surface area contributed by atoms with Crippen LogP contribution < -0.4 is 9.47 Å². The average Bonchev–Trinajstić information content (AvgIpc) is 2.81. The number of aromatic amines is 1. The molecule has 0 amide bonds. The molecule has 0 spiro atoms. The van der Waals surface area contributed by atoms with E-state index in [1.807, 2.05) is 12.1 Å². The number of hydrogen-bond donors (Lipinski definition) is 1. The molecule has 106 valence electrons. The molecule has 1 N–H and O–H groups in total. The summed E-state index contributed by atoms with van der Waals surface area (Å²) in [6.07, 6.45) is 4.31.